The number of nitrogens with one attached hydrogen (secondary N) is 1. The van der Waals surface area contributed by atoms with E-state index in [4.69, 9.17) is 0 Å². The van der Waals surface area contributed by atoms with E-state index in [-0.39, 0.29) is 23.4 Å². The average Bonchev–Trinajstić information content (AvgIpc) is 3.51. The minimum Gasteiger partial charge on any atom is -0.323 e. The molecule has 9 heteroatoms. The number of benzene rings is 1. The number of carbonyl (C=O) groups is 2. The largest absolute Gasteiger partial charge is 0.325 e. The zero-order valence-corrected chi connectivity index (χ0v) is 21.2. The van der Waals surface area contributed by atoms with Crippen LogP contribution >= 0.6 is 11.3 Å². The maximum atomic E-state index is 13.3. The Morgan fingerprint density at radius 3 is 2.43 bits per heavy atom. The van der Waals surface area contributed by atoms with Gasteiger partial charge in [0.2, 0.25) is 0 Å². The van der Waals surface area contributed by atoms with E-state index in [2.05, 4.69) is 10.2 Å². The van der Waals surface area contributed by atoms with Crippen molar-refractivity contribution in [1.29, 1.82) is 0 Å². The molecule has 8 nitrogen and oxygen atoms in total. The van der Waals surface area contributed by atoms with Gasteiger partial charge in [-0.2, -0.15) is 11.3 Å². The molecule has 184 valence electrons. The van der Waals surface area contributed by atoms with E-state index < -0.39 is 5.54 Å². The molecule has 35 heavy (non-hydrogen) atoms. The van der Waals surface area contributed by atoms with Crippen molar-refractivity contribution < 1.29 is 9.59 Å². The van der Waals surface area contributed by atoms with Crippen LogP contribution in [-0.2, 0) is 24.9 Å². The maximum Gasteiger partial charge on any atom is 0.325 e. The third-order valence-electron chi connectivity index (χ3n) is 7.68. The molecule has 4 heterocycles. The summed E-state index contributed by atoms with van der Waals surface area (Å²) in [5, 5.41) is 6.90. The summed E-state index contributed by atoms with van der Waals surface area (Å²) in [6, 6.07) is 11.3. The highest BCUT2D eigenvalue weighted by molar-refractivity contribution is 7.07. The van der Waals surface area contributed by atoms with Gasteiger partial charge in [-0.1, -0.05) is 18.2 Å². The number of likely N-dealkylation sites (tertiary alicyclic amines) is 1. The van der Waals surface area contributed by atoms with Crippen molar-refractivity contribution in [1.82, 2.24) is 24.5 Å². The van der Waals surface area contributed by atoms with Gasteiger partial charge in [0, 0.05) is 19.3 Å². The highest BCUT2D eigenvalue weighted by Crippen LogP contribution is 2.34. The van der Waals surface area contributed by atoms with Gasteiger partial charge >= 0.3 is 6.03 Å². The maximum absolute atomic E-state index is 13.3. The van der Waals surface area contributed by atoms with Gasteiger partial charge in [0.05, 0.1) is 17.8 Å². The molecule has 0 spiro atoms. The Bertz CT molecular complexity index is 1290. The van der Waals surface area contributed by atoms with Gasteiger partial charge in [-0.25, -0.2) is 9.48 Å². The smallest absolute Gasteiger partial charge is 0.323 e. The number of thiophene rings is 1. The molecule has 0 bridgehead atoms. The number of hydrogen-bond acceptors (Lipinski definition) is 5. The Kier molecular flexibility index (Phi) is 6.14. The minimum absolute atomic E-state index is 0.00703. The SMILES string of the molecule is Cc1c(CN2CCC(C3(C)NC(=O)N(Cc4ccsc4)C3=O)CC2)c(=O)n(-c2ccccc2)n1C. The Balaban J connectivity index is 1.26. The van der Waals surface area contributed by atoms with Crippen molar-refractivity contribution in [2.24, 2.45) is 13.0 Å². The van der Waals surface area contributed by atoms with Gasteiger partial charge in [0.15, 0.2) is 0 Å². The number of amides is 3. The molecule has 0 radical (unpaired) electrons. The number of aromatic nitrogens is 2. The van der Waals surface area contributed by atoms with Crippen LogP contribution in [-0.4, -0.2) is 49.7 Å². The lowest BCUT2D eigenvalue weighted by atomic mass is 9.79. The number of imide groups is 1. The molecule has 1 aromatic carbocycles. The normalized spacial score (nSPS) is 21.6. The second-order valence-electron chi connectivity index (χ2n) is 9.75. The fourth-order valence-corrected chi connectivity index (χ4v) is 6.06. The summed E-state index contributed by atoms with van der Waals surface area (Å²) < 4.78 is 3.63. The number of carbonyl (C=O) groups excluding carboxylic acids is 2. The fraction of sp³-hybridized carbons (Fsp3) is 0.423. The first-order chi connectivity index (χ1) is 16.8. The van der Waals surface area contributed by atoms with Gasteiger partial charge in [-0.05, 0) is 80.2 Å². The molecular weight excluding hydrogens is 462 g/mol. The molecule has 2 saturated heterocycles. The Morgan fingerprint density at radius 2 is 1.77 bits per heavy atom. The number of urea groups is 1. The van der Waals surface area contributed by atoms with Crippen LogP contribution in [0.25, 0.3) is 5.69 Å². The van der Waals surface area contributed by atoms with E-state index in [0.717, 1.165) is 48.4 Å². The zero-order chi connectivity index (χ0) is 24.7. The molecule has 1 atom stereocenters. The monoisotopic (exact) mass is 493 g/mol. The van der Waals surface area contributed by atoms with E-state index in [1.54, 1.807) is 16.0 Å². The number of hydrogen-bond donors (Lipinski definition) is 1. The van der Waals surface area contributed by atoms with Crippen molar-refractivity contribution >= 4 is 23.3 Å². The van der Waals surface area contributed by atoms with Crippen LogP contribution < -0.4 is 10.9 Å². The Morgan fingerprint density at radius 1 is 1.06 bits per heavy atom. The standard InChI is InChI=1S/C26H31N5O3S/c1-18-22(23(32)31(28(18)3)21-7-5-4-6-8-21)16-29-12-9-20(10-13-29)26(2)24(33)30(25(34)27-26)15-19-11-14-35-17-19/h4-8,11,14,17,20H,9-10,12-13,15-16H2,1-3H3,(H,27,34). The lowest BCUT2D eigenvalue weighted by Gasteiger charge is -2.38. The molecule has 2 aromatic heterocycles. The molecule has 3 aromatic rings. The van der Waals surface area contributed by atoms with E-state index in [1.165, 1.54) is 4.90 Å². The summed E-state index contributed by atoms with van der Waals surface area (Å²) in [5.74, 6) is -0.0858. The van der Waals surface area contributed by atoms with Gasteiger partial charge in [-0.15, -0.1) is 0 Å². The lowest BCUT2D eigenvalue weighted by Crippen LogP contribution is -2.53. The molecule has 2 aliphatic rings. The second-order valence-corrected chi connectivity index (χ2v) is 10.5. The van der Waals surface area contributed by atoms with Crippen molar-refractivity contribution in [3.63, 3.8) is 0 Å². The third kappa shape index (κ3) is 4.12. The predicted octanol–water partition coefficient (Wildman–Crippen LogP) is 3.27. The van der Waals surface area contributed by atoms with Crippen LogP contribution in [0.1, 0.15) is 36.6 Å². The molecule has 2 aliphatic heterocycles. The van der Waals surface area contributed by atoms with Crippen molar-refractivity contribution in [3.8, 4) is 5.69 Å². The fourth-order valence-electron chi connectivity index (χ4n) is 5.40. The minimum atomic E-state index is -0.887. The van der Waals surface area contributed by atoms with Crippen LogP contribution in [0.4, 0.5) is 4.79 Å². The number of piperidine rings is 1. The van der Waals surface area contributed by atoms with E-state index in [0.29, 0.717) is 13.1 Å². The molecular formula is C26H31N5O3S. The molecule has 0 aliphatic carbocycles. The molecule has 5 rings (SSSR count). The quantitative estimate of drug-likeness (QED) is 0.535. The number of para-hydroxylation sites is 1. The summed E-state index contributed by atoms with van der Waals surface area (Å²) in [6.45, 7) is 6.27. The van der Waals surface area contributed by atoms with E-state index >= 15 is 0 Å². The Hall–Kier alpha value is -3.17. The highest BCUT2D eigenvalue weighted by atomic mass is 32.1. The zero-order valence-electron chi connectivity index (χ0n) is 20.4. The lowest BCUT2D eigenvalue weighted by molar-refractivity contribution is -0.133. The van der Waals surface area contributed by atoms with Crippen LogP contribution in [0.2, 0.25) is 0 Å². The van der Waals surface area contributed by atoms with Crippen LogP contribution in [0.15, 0.2) is 52.0 Å². The number of nitrogens with zero attached hydrogens (tertiary/aromatic N) is 4. The summed E-state index contributed by atoms with van der Waals surface area (Å²) in [5.41, 5.74) is 2.69. The first-order valence-corrected chi connectivity index (χ1v) is 12.9. The van der Waals surface area contributed by atoms with Crippen molar-refractivity contribution in [2.75, 3.05) is 13.1 Å². The molecule has 2 fully saturated rings. The van der Waals surface area contributed by atoms with Crippen molar-refractivity contribution in [3.05, 3.63) is 74.3 Å². The van der Waals surface area contributed by atoms with E-state index in [9.17, 15) is 14.4 Å². The van der Waals surface area contributed by atoms with E-state index in [1.807, 2.05) is 72.7 Å². The van der Waals surface area contributed by atoms with Crippen LogP contribution in [0, 0.1) is 12.8 Å². The summed E-state index contributed by atoms with van der Waals surface area (Å²) >= 11 is 1.56. The average molecular weight is 494 g/mol. The van der Waals surface area contributed by atoms with Gasteiger partial charge in [-0.3, -0.25) is 24.1 Å². The van der Waals surface area contributed by atoms with Crippen molar-refractivity contribution in [2.45, 2.75) is 45.3 Å². The Labute approximate surface area is 208 Å². The third-order valence-corrected chi connectivity index (χ3v) is 8.41. The summed E-state index contributed by atoms with van der Waals surface area (Å²) in [7, 11) is 1.91. The number of rotatable bonds is 6. The first-order valence-electron chi connectivity index (χ1n) is 12.0. The summed E-state index contributed by atoms with van der Waals surface area (Å²) in [6.07, 6.45) is 1.57. The second kappa shape index (κ2) is 9.13. The van der Waals surface area contributed by atoms with Gasteiger partial charge in [0.25, 0.3) is 11.5 Å². The highest BCUT2D eigenvalue weighted by Gasteiger charge is 2.52. The van der Waals surface area contributed by atoms with Crippen LogP contribution in [0.3, 0.4) is 0 Å². The molecule has 1 N–H and O–H groups in total. The summed E-state index contributed by atoms with van der Waals surface area (Å²) in [4.78, 5) is 42.8. The molecule has 1 unspecified atom stereocenters. The molecule has 0 saturated carbocycles. The first kappa shape index (κ1) is 23.6. The predicted molar refractivity (Wildman–Crippen MR) is 136 cm³/mol. The van der Waals surface area contributed by atoms with Crippen LogP contribution in [0.5, 0.6) is 0 Å². The van der Waals surface area contributed by atoms with Gasteiger partial charge < -0.3 is 5.32 Å². The van der Waals surface area contributed by atoms with Gasteiger partial charge in [0.1, 0.15) is 5.54 Å². The molecule has 3 amide bonds. The topological polar surface area (TPSA) is 79.6 Å².